The van der Waals surface area contributed by atoms with Gasteiger partial charge in [0.1, 0.15) is 11.5 Å². The lowest BCUT2D eigenvalue weighted by atomic mass is 9.81. The highest BCUT2D eigenvalue weighted by Gasteiger charge is 2.30. The normalized spacial score (nSPS) is 19.3. The third kappa shape index (κ3) is 2.16. The predicted octanol–water partition coefficient (Wildman–Crippen LogP) is 3.39. The SMILES string of the molecule is C/C=C1/Cc2cccc(O)c2C(=O)/C1=C(/CC)OC. The Morgan fingerprint density at radius 1 is 1.47 bits per heavy atom. The molecule has 0 radical (unpaired) electrons. The lowest BCUT2D eigenvalue weighted by Crippen LogP contribution is -2.19. The molecule has 0 heterocycles. The maximum Gasteiger partial charge on any atom is 0.200 e. The van der Waals surface area contributed by atoms with E-state index in [-0.39, 0.29) is 11.5 Å². The van der Waals surface area contributed by atoms with E-state index < -0.39 is 0 Å². The minimum absolute atomic E-state index is 0.0432. The lowest BCUT2D eigenvalue weighted by molar-refractivity contribution is 0.102. The van der Waals surface area contributed by atoms with Crippen molar-refractivity contribution >= 4 is 5.78 Å². The number of ketones is 1. The molecule has 2 rings (SSSR count). The van der Waals surface area contributed by atoms with Crippen LogP contribution in [0, 0.1) is 0 Å². The standard InChI is InChI=1S/C16H18O3/c1-4-10-9-11-7-6-8-12(17)14(11)16(18)15(10)13(5-2)19-3/h4,6-8,17H,5,9H2,1-3H3/b10-4-,15-13-. The van der Waals surface area contributed by atoms with E-state index >= 15 is 0 Å². The second-order valence-electron chi connectivity index (χ2n) is 4.49. The van der Waals surface area contributed by atoms with E-state index in [1.54, 1.807) is 19.2 Å². The predicted molar refractivity (Wildman–Crippen MR) is 74.2 cm³/mol. The van der Waals surface area contributed by atoms with Crippen LogP contribution in [0.15, 0.2) is 41.2 Å². The maximum atomic E-state index is 12.6. The van der Waals surface area contributed by atoms with Crippen LogP contribution in [0.1, 0.15) is 36.2 Å². The van der Waals surface area contributed by atoms with E-state index in [0.29, 0.717) is 29.7 Å². The van der Waals surface area contributed by atoms with E-state index in [9.17, 15) is 9.90 Å². The number of phenols is 1. The van der Waals surface area contributed by atoms with Crippen LogP contribution < -0.4 is 0 Å². The van der Waals surface area contributed by atoms with Gasteiger partial charge in [-0.3, -0.25) is 4.79 Å². The molecule has 0 bridgehead atoms. The number of phenolic OH excluding ortho intramolecular Hbond substituents is 1. The maximum absolute atomic E-state index is 12.6. The zero-order valence-electron chi connectivity index (χ0n) is 11.5. The topological polar surface area (TPSA) is 46.5 Å². The van der Waals surface area contributed by atoms with Gasteiger partial charge in [0.15, 0.2) is 0 Å². The van der Waals surface area contributed by atoms with E-state index in [1.165, 1.54) is 0 Å². The van der Waals surface area contributed by atoms with E-state index in [0.717, 1.165) is 11.1 Å². The van der Waals surface area contributed by atoms with Crippen LogP contribution in [0.4, 0.5) is 0 Å². The van der Waals surface area contributed by atoms with Gasteiger partial charge >= 0.3 is 0 Å². The van der Waals surface area contributed by atoms with E-state index in [4.69, 9.17) is 4.74 Å². The van der Waals surface area contributed by atoms with Gasteiger partial charge < -0.3 is 9.84 Å². The number of benzene rings is 1. The molecule has 19 heavy (non-hydrogen) atoms. The summed E-state index contributed by atoms with van der Waals surface area (Å²) in [7, 11) is 1.58. The summed E-state index contributed by atoms with van der Waals surface area (Å²) in [4.78, 5) is 12.6. The van der Waals surface area contributed by atoms with Crippen molar-refractivity contribution in [2.45, 2.75) is 26.7 Å². The fourth-order valence-corrected chi connectivity index (χ4v) is 2.54. The number of carbonyl (C=O) groups excluding carboxylic acids is 1. The van der Waals surface area contributed by atoms with Gasteiger partial charge in [0.25, 0.3) is 0 Å². The number of ether oxygens (including phenoxy) is 1. The molecule has 0 amide bonds. The van der Waals surface area contributed by atoms with Crippen molar-refractivity contribution in [2.24, 2.45) is 0 Å². The van der Waals surface area contributed by atoms with Crippen LogP contribution in [-0.2, 0) is 11.2 Å². The molecule has 3 nitrogen and oxygen atoms in total. The molecule has 1 aliphatic rings. The minimum atomic E-state index is -0.147. The Labute approximate surface area is 113 Å². The smallest absolute Gasteiger partial charge is 0.200 e. The zero-order valence-corrected chi connectivity index (χ0v) is 11.5. The van der Waals surface area contributed by atoms with Crippen molar-refractivity contribution < 1.29 is 14.6 Å². The van der Waals surface area contributed by atoms with Crippen molar-refractivity contribution in [3.63, 3.8) is 0 Å². The van der Waals surface area contributed by atoms with E-state index in [2.05, 4.69) is 0 Å². The Balaban J connectivity index is 2.69. The first kappa shape index (κ1) is 13.4. The highest BCUT2D eigenvalue weighted by Crippen LogP contribution is 2.36. The Hall–Kier alpha value is -2.03. The number of hydrogen-bond acceptors (Lipinski definition) is 3. The second kappa shape index (κ2) is 5.31. The molecule has 3 heteroatoms. The average Bonchev–Trinajstić information content (AvgIpc) is 2.41. The number of rotatable bonds is 2. The summed E-state index contributed by atoms with van der Waals surface area (Å²) in [6, 6.07) is 5.19. The Bertz CT molecular complexity index is 574. The number of carbonyl (C=O) groups is 1. The second-order valence-corrected chi connectivity index (χ2v) is 4.49. The number of Topliss-reactive ketones (excluding diaryl/α,β-unsaturated/α-hetero) is 1. The Kier molecular flexibility index (Phi) is 3.74. The Morgan fingerprint density at radius 3 is 2.79 bits per heavy atom. The molecule has 0 atom stereocenters. The molecule has 1 aromatic carbocycles. The van der Waals surface area contributed by atoms with Gasteiger partial charge in [-0.2, -0.15) is 0 Å². The molecule has 0 aromatic heterocycles. The lowest BCUT2D eigenvalue weighted by Gasteiger charge is -2.23. The molecule has 1 N–H and O–H groups in total. The highest BCUT2D eigenvalue weighted by molar-refractivity contribution is 6.15. The summed E-state index contributed by atoms with van der Waals surface area (Å²) in [5.41, 5.74) is 2.84. The minimum Gasteiger partial charge on any atom is -0.507 e. The third-order valence-electron chi connectivity index (χ3n) is 3.48. The third-order valence-corrected chi connectivity index (χ3v) is 3.48. The molecule has 0 aliphatic heterocycles. The van der Waals surface area contributed by atoms with Crippen molar-refractivity contribution in [1.82, 2.24) is 0 Å². The van der Waals surface area contributed by atoms with Gasteiger partial charge in [-0.15, -0.1) is 0 Å². The summed E-state index contributed by atoms with van der Waals surface area (Å²) < 4.78 is 5.33. The number of hydrogen-bond donors (Lipinski definition) is 1. The molecule has 0 saturated heterocycles. The molecule has 100 valence electrons. The van der Waals surface area contributed by atoms with Gasteiger partial charge in [0.2, 0.25) is 5.78 Å². The van der Waals surface area contributed by atoms with Crippen molar-refractivity contribution in [1.29, 1.82) is 0 Å². The largest absolute Gasteiger partial charge is 0.507 e. The highest BCUT2D eigenvalue weighted by atomic mass is 16.5. The van der Waals surface area contributed by atoms with Crippen molar-refractivity contribution in [3.8, 4) is 5.75 Å². The van der Waals surface area contributed by atoms with Gasteiger partial charge in [-0.05, 0) is 30.5 Å². The number of methoxy groups -OCH3 is 1. The zero-order chi connectivity index (χ0) is 14.0. The Morgan fingerprint density at radius 2 is 2.21 bits per heavy atom. The summed E-state index contributed by atoms with van der Waals surface area (Å²) in [6.07, 6.45) is 3.24. The molecule has 1 aliphatic carbocycles. The summed E-state index contributed by atoms with van der Waals surface area (Å²) in [5, 5.41) is 9.93. The summed E-state index contributed by atoms with van der Waals surface area (Å²) >= 11 is 0. The van der Waals surface area contributed by atoms with Gasteiger partial charge in [0.05, 0.1) is 18.2 Å². The van der Waals surface area contributed by atoms with Crippen LogP contribution >= 0.6 is 0 Å². The number of allylic oxidation sites excluding steroid dienone is 4. The fourth-order valence-electron chi connectivity index (χ4n) is 2.54. The molecular weight excluding hydrogens is 240 g/mol. The van der Waals surface area contributed by atoms with Crippen molar-refractivity contribution in [2.75, 3.05) is 7.11 Å². The molecule has 0 saturated carbocycles. The molecule has 1 aromatic rings. The first-order valence-corrected chi connectivity index (χ1v) is 6.42. The van der Waals surface area contributed by atoms with Crippen LogP contribution in [0.25, 0.3) is 0 Å². The molecule has 0 fully saturated rings. The van der Waals surface area contributed by atoms with Crippen molar-refractivity contribution in [3.05, 3.63) is 52.3 Å². The summed E-state index contributed by atoms with van der Waals surface area (Å²) in [6.45, 7) is 3.87. The number of fused-ring (bicyclic) bond motifs is 1. The van der Waals surface area contributed by atoms with Gasteiger partial charge in [0, 0.05) is 6.42 Å². The van der Waals surface area contributed by atoms with Crippen LogP contribution in [0.2, 0.25) is 0 Å². The monoisotopic (exact) mass is 258 g/mol. The molecule has 0 spiro atoms. The van der Waals surface area contributed by atoms with E-state index in [1.807, 2.05) is 26.0 Å². The summed E-state index contributed by atoms with van der Waals surface area (Å²) in [5.74, 6) is 0.569. The number of aromatic hydroxyl groups is 1. The van der Waals surface area contributed by atoms with Crippen LogP contribution in [0.5, 0.6) is 5.75 Å². The first-order valence-electron chi connectivity index (χ1n) is 6.42. The van der Waals surface area contributed by atoms with Crippen LogP contribution in [0.3, 0.4) is 0 Å². The van der Waals surface area contributed by atoms with Gasteiger partial charge in [-0.1, -0.05) is 25.1 Å². The van der Waals surface area contributed by atoms with Gasteiger partial charge in [-0.25, -0.2) is 0 Å². The first-order chi connectivity index (χ1) is 9.13. The van der Waals surface area contributed by atoms with Crippen LogP contribution in [-0.4, -0.2) is 18.0 Å². The average molecular weight is 258 g/mol. The fraction of sp³-hybridized carbons (Fsp3) is 0.312. The molecule has 0 unspecified atom stereocenters. The molecular formula is C16H18O3. The quantitative estimate of drug-likeness (QED) is 0.653.